The number of hydrogen-bond acceptors (Lipinski definition) is 5. The van der Waals surface area contributed by atoms with Crippen LogP contribution in [0.3, 0.4) is 0 Å². The van der Waals surface area contributed by atoms with Crippen LogP contribution >= 0.6 is 11.3 Å². The van der Waals surface area contributed by atoms with Gasteiger partial charge in [0.1, 0.15) is 5.82 Å². The molecule has 1 amide bonds. The standard InChI is InChI=1S/C23H25N3O2S/c1-13-6-5-7-18(24-13)26-22(28)19-14(2)25-16-10-23(3,4)11-17(27)21(16)20(19)15-8-9-29-12-15/h5-9,12,20,25H,10-11H2,1-4H3,(H,24,26,28). The first kappa shape index (κ1) is 19.6. The molecule has 0 saturated heterocycles. The second kappa shape index (κ2) is 7.26. The molecule has 6 heteroatoms. The molecule has 29 heavy (non-hydrogen) atoms. The maximum Gasteiger partial charge on any atom is 0.255 e. The number of aromatic nitrogens is 1. The van der Waals surface area contributed by atoms with Gasteiger partial charge in [0.15, 0.2) is 5.78 Å². The molecular formula is C23H25N3O2S. The lowest BCUT2D eigenvalue weighted by molar-refractivity contribution is -0.118. The number of carbonyl (C=O) groups is 2. The molecule has 0 aromatic carbocycles. The fourth-order valence-corrected chi connectivity index (χ4v) is 4.99. The summed E-state index contributed by atoms with van der Waals surface area (Å²) in [7, 11) is 0. The van der Waals surface area contributed by atoms with E-state index in [1.165, 1.54) is 0 Å². The minimum atomic E-state index is -0.356. The van der Waals surface area contributed by atoms with Gasteiger partial charge in [0.25, 0.3) is 5.91 Å². The number of rotatable bonds is 3. The third kappa shape index (κ3) is 3.77. The number of amides is 1. The van der Waals surface area contributed by atoms with Gasteiger partial charge in [-0.1, -0.05) is 19.9 Å². The molecule has 4 rings (SSSR count). The van der Waals surface area contributed by atoms with Crippen molar-refractivity contribution in [2.45, 2.75) is 46.5 Å². The minimum Gasteiger partial charge on any atom is -0.362 e. The summed E-state index contributed by atoms with van der Waals surface area (Å²) < 4.78 is 0. The Hall–Kier alpha value is -2.73. The molecule has 0 saturated carbocycles. The smallest absolute Gasteiger partial charge is 0.255 e. The molecule has 2 aliphatic rings. The van der Waals surface area contributed by atoms with E-state index >= 15 is 0 Å². The van der Waals surface area contributed by atoms with E-state index in [2.05, 4.69) is 29.5 Å². The van der Waals surface area contributed by atoms with Gasteiger partial charge in [-0.25, -0.2) is 4.98 Å². The highest BCUT2D eigenvalue weighted by molar-refractivity contribution is 7.08. The fraction of sp³-hybridized carbons (Fsp3) is 0.348. The quantitative estimate of drug-likeness (QED) is 0.774. The van der Waals surface area contributed by atoms with Gasteiger partial charge in [-0.2, -0.15) is 11.3 Å². The molecule has 0 fully saturated rings. The first-order chi connectivity index (χ1) is 13.7. The first-order valence-electron chi connectivity index (χ1n) is 9.76. The van der Waals surface area contributed by atoms with Crippen LogP contribution < -0.4 is 10.6 Å². The predicted octanol–water partition coefficient (Wildman–Crippen LogP) is 4.69. The number of pyridine rings is 1. The number of dihydropyridines is 1. The highest BCUT2D eigenvalue weighted by atomic mass is 32.1. The molecule has 2 N–H and O–H groups in total. The normalized spacial score (nSPS) is 21.0. The van der Waals surface area contributed by atoms with Gasteiger partial charge in [-0.05, 0) is 60.2 Å². The molecule has 5 nitrogen and oxygen atoms in total. The summed E-state index contributed by atoms with van der Waals surface area (Å²) in [5, 5.41) is 10.3. The van der Waals surface area contributed by atoms with Gasteiger partial charge in [-0.15, -0.1) is 0 Å². The van der Waals surface area contributed by atoms with E-state index in [0.717, 1.165) is 34.6 Å². The molecular weight excluding hydrogens is 382 g/mol. The second-order valence-electron chi connectivity index (χ2n) is 8.60. The van der Waals surface area contributed by atoms with E-state index in [9.17, 15) is 9.59 Å². The average Bonchev–Trinajstić information content (AvgIpc) is 3.13. The van der Waals surface area contributed by atoms with Crippen molar-refractivity contribution in [2.24, 2.45) is 5.41 Å². The number of Topliss-reactive ketones (excluding diaryl/α,β-unsaturated/α-hetero) is 1. The predicted molar refractivity (Wildman–Crippen MR) is 116 cm³/mol. The Labute approximate surface area is 174 Å². The van der Waals surface area contributed by atoms with Gasteiger partial charge < -0.3 is 10.6 Å². The van der Waals surface area contributed by atoms with E-state index in [1.807, 2.05) is 42.8 Å². The number of carbonyl (C=O) groups excluding carboxylic acids is 2. The van der Waals surface area contributed by atoms with E-state index < -0.39 is 0 Å². The van der Waals surface area contributed by atoms with Crippen molar-refractivity contribution in [3.8, 4) is 0 Å². The molecule has 1 aliphatic carbocycles. The lowest BCUT2D eigenvalue weighted by atomic mass is 9.69. The zero-order chi connectivity index (χ0) is 20.8. The van der Waals surface area contributed by atoms with Crippen molar-refractivity contribution in [1.82, 2.24) is 10.3 Å². The van der Waals surface area contributed by atoms with Crippen LogP contribution in [0.5, 0.6) is 0 Å². The Morgan fingerprint density at radius 1 is 1.24 bits per heavy atom. The van der Waals surface area contributed by atoms with Crippen molar-refractivity contribution in [1.29, 1.82) is 0 Å². The summed E-state index contributed by atoms with van der Waals surface area (Å²) in [4.78, 5) is 30.9. The fourth-order valence-electron chi connectivity index (χ4n) is 4.31. The first-order valence-corrected chi connectivity index (χ1v) is 10.7. The van der Waals surface area contributed by atoms with Crippen LogP contribution in [0.1, 0.15) is 50.8 Å². The second-order valence-corrected chi connectivity index (χ2v) is 9.38. The maximum atomic E-state index is 13.3. The Balaban J connectivity index is 1.77. The van der Waals surface area contributed by atoms with Crippen LogP contribution in [0, 0.1) is 12.3 Å². The zero-order valence-electron chi connectivity index (χ0n) is 17.1. The summed E-state index contributed by atoms with van der Waals surface area (Å²) >= 11 is 1.57. The van der Waals surface area contributed by atoms with Crippen molar-refractivity contribution < 1.29 is 9.59 Å². The van der Waals surface area contributed by atoms with Crippen molar-refractivity contribution >= 4 is 28.8 Å². The number of nitrogens with zero attached hydrogens (tertiary/aromatic N) is 1. The Kier molecular flexibility index (Phi) is 4.90. The van der Waals surface area contributed by atoms with Crippen molar-refractivity contribution in [2.75, 3.05) is 5.32 Å². The summed E-state index contributed by atoms with van der Waals surface area (Å²) in [6, 6.07) is 7.53. The van der Waals surface area contributed by atoms with E-state index in [-0.39, 0.29) is 23.0 Å². The van der Waals surface area contributed by atoms with Crippen LogP contribution in [0.4, 0.5) is 5.82 Å². The maximum absolute atomic E-state index is 13.3. The van der Waals surface area contributed by atoms with Crippen LogP contribution in [0.15, 0.2) is 57.6 Å². The molecule has 1 unspecified atom stereocenters. The molecule has 1 atom stereocenters. The third-order valence-corrected chi connectivity index (χ3v) is 6.19. The van der Waals surface area contributed by atoms with Gasteiger partial charge >= 0.3 is 0 Å². The molecule has 0 spiro atoms. The SMILES string of the molecule is CC1=C(C(=O)Nc2cccc(C)n2)C(c2ccsc2)C2=C(CC(C)(C)CC2=O)N1. The van der Waals surface area contributed by atoms with Crippen LogP contribution in [-0.2, 0) is 9.59 Å². The van der Waals surface area contributed by atoms with E-state index in [1.54, 1.807) is 17.4 Å². The highest BCUT2D eigenvalue weighted by Crippen LogP contribution is 2.47. The monoisotopic (exact) mass is 407 g/mol. The summed E-state index contributed by atoms with van der Waals surface area (Å²) in [6.45, 7) is 8.02. The Morgan fingerprint density at radius 2 is 2.03 bits per heavy atom. The van der Waals surface area contributed by atoms with Gasteiger partial charge in [-0.3, -0.25) is 9.59 Å². The summed E-state index contributed by atoms with van der Waals surface area (Å²) in [5.74, 6) is 0.0427. The van der Waals surface area contributed by atoms with E-state index in [4.69, 9.17) is 0 Å². The van der Waals surface area contributed by atoms with Gasteiger partial charge in [0.2, 0.25) is 0 Å². The molecule has 1 aliphatic heterocycles. The largest absolute Gasteiger partial charge is 0.362 e. The topological polar surface area (TPSA) is 71.1 Å². The molecule has 2 aromatic rings. The Bertz CT molecular complexity index is 1050. The molecule has 3 heterocycles. The van der Waals surface area contributed by atoms with Crippen molar-refractivity contribution in [3.05, 3.63) is 68.8 Å². The summed E-state index contributed by atoms with van der Waals surface area (Å²) in [6.07, 6.45) is 1.28. The molecule has 150 valence electrons. The Morgan fingerprint density at radius 3 is 2.72 bits per heavy atom. The minimum absolute atomic E-state index is 0.0896. The number of ketones is 1. The van der Waals surface area contributed by atoms with Crippen LogP contribution in [0.25, 0.3) is 0 Å². The number of hydrogen-bond donors (Lipinski definition) is 2. The lowest BCUT2D eigenvalue weighted by Gasteiger charge is -2.39. The number of anilines is 1. The number of aryl methyl sites for hydroxylation is 1. The molecule has 0 radical (unpaired) electrons. The summed E-state index contributed by atoms with van der Waals surface area (Å²) in [5.41, 5.74) is 4.78. The third-order valence-electron chi connectivity index (χ3n) is 5.49. The number of allylic oxidation sites excluding steroid dienone is 3. The highest BCUT2D eigenvalue weighted by Gasteiger charge is 2.42. The van der Waals surface area contributed by atoms with Gasteiger partial charge in [0, 0.05) is 40.6 Å². The van der Waals surface area contributed by atoms with Crippen LogP contribution in [0.2, 0.25) is 0 Å². The zero-order valence-corrected chi connectivity index (χ0v) is 17.9. The van der Waals surface area contributed by atoms with Crippen LogP contribution in [-0.4, -0.2) is 16.7 Å². The average molecular weight is 408 g/mol. The number of nitrogens with one attached hydrogen (secondary N) is 2. The molecule has 0 bridgehead atoms. The van der Waals surface area contributed by atoms with E-state index in [0.29, 0.717) is 17.8 Å². The van der Waals surface area contributed by atoms with Crippen molar-refractivity contribution in [3.63, 3.8) is 0 Å². The lowest BCUT2D eigenvalue weighted by Crippen LogP contribution is -2.39. The van der Waals surface area contributed by atoms with Gasteiger partial charge in [0.05, 0.1) is 0 Å². The number of thiophene rings is 1. The molecule has 2 aromatic heterocycles.